The van der Waals surface area contributed by atoms with Gasteiger partial charge in [-0.1, -0.05) is 25.2 Å². The first-order valence-electron chi connectivity index (χ1n) is 6.39. The number of fused-ring (bicyclic) bond motifs is 1. The van der Waals surface area contributed by atoms with Crippen LogP contribution in [0.25, 0.3) is 11.0 Å². The van der Waals surface area contributed by atoms with E-state index in [0.29, 0.717) is 17.8 Å². The summed E-state index contributed by atoms with van der Waals surface area (Å²) in [5.41, 5.74) is 0.795. The van der Waals surface area contributed by atoms with Crippen LogP contribution in [0.15, 0.2) is 23.3 Å². The maximum Gasteiger partial charge on any atom is 0.192 e. The molecule has 0 radical (unpaired) electrons. The average molecular weight is 289 g/mol. The van der Waals surface area contributed by atoms with Gasteiger partial charge < -0.3 is 4.57 Å². The second-order valence-corrected chi connectivity index (χ2v) is 6.10. The topological polar surface area (TPSA) is 65.6 Å². The largest absolute Gasteiger partial charge is 0.326 e. The van der Waals surface area contributed by atoms with Gasteiger partial charge in [-0.05, 0) is 0 Å². The Hall–Kier alpha value is -2.02. The van der Waals surface area contributed by atoms with Gasteiger partial charge in [-0.2, -0.15) is 5.10 Å². The predicted octanol–water partition coefficient (Wildman–Crippen LogP) is 1.76. The van der Waals surface area contributed by atoms with Gasteiger partial charge in [-0.3, -0.25) is 9.48 Å². The van der Waals surface area contributed by atoms with Crippen molar-refractivity contribution >= 4 is 22.4 Å². The highest BCUT2D eigenvalue weighted by Gasteiger charge is 2.11. The van der Waals surface area contributed by atoms with Crippen LogP contribution in [0.2, 0.25) is 0 Å². The van der Waals surface area contributed by atoms with Gasteiger partial charge in [0.2, 0.25) is 0 Å². The number of nitrogens with zero attached hydrogens (tertiary/aromatic N) is 5. The number of pyridine rings is 1. The van der Waals surface area contributed by atoms with Crippen LogP contribution in [0.1, 0.15) is 29.8 Å². The molecule has 7 heteroatoms. The van der Waals surface area contributed by atoms with Crippen molar-refractivity contribution in [2.75, 3.05) is 0 Å². The van der Waals surface area contributed by atoms with Crippen molar-refractivity contribution < 1.29 is 0 Å². The first-order valence-corrected chi connectivity index (χ1v) is 7.21. The minimum absolute atomic E-state index is 0.00974. The molecule has 20 heavy (non-hydrogen) atoms. The first-order chi connectivity index (χ1) is 9.56. The maximum atomic E-state index is 11.8. The minimum Gasteiger partial charge on any atom is -0.326 e. The quantitative estimate of drug-likeness (QED) is 0.737. The molecule has 3 aromatic heterocycles. The molecule has 3 rings (SSSR count). The summed E-state index contributed by atoms with van der Waals surface area (Å²) in [4.78, 5) is 11.8. The van der Waals surface area contributed by atoms with E-state index >= 15 is 0 Å². The van der Waals surface area contributed by atoms with Gasteiger partial charge in [0, 0.05) is 25.2 Å². The standard InChI is InChI=1S/C13H15N5OS/c1-8(2)12-16-15-11(20-12)7-18-5-4-10(19)9-6-14-17(3)13(9)18/h4-6,8H,7H2,1-3H3. The zero-order chi connectivity index (χ0) is 14.3. The highest BCUT2D eigenvalue weighted by molar-refractivity contribution is 7.11. The summed E-state index contributed by atoms with van der Waals surface area (Å²) in [5, 5.41) is 15.2. The van der Waals surface area contributed by atoms with E-state index in [1.807, 2.05) is 11.6 Å². The van der Waals surface area contributed by atoms with Crippen molar-refractivity contribution in [3.8, 4) is 0 Å². The van der Waals surface area contributed by atoms with Crippen LogP contribution in [0.5, 0.6) is 0 Å². The van der Waals surface area contributed by atoms with Crippen molar-refractivity contribution in [3.63, 3.8) is 0 Å². The molecule has 0 N–H and O–H groups in total. The first kappa shape index (κ1) is 13.0. The molecule has 6 nitrogen and oxygen atoms in total. The summed E-state index contributed by atoms with van der Waals surface area (Å²) in [6.07, 6.45) is 3.39. The highest BCUT2D eigenvalue weighted by Crippen LogP contribution is 2.20. The van der Waals surface area contributed by atoms with Gasteiger partial charge in [0.1, 0.15) is 15.7 Å². The summed E-state index contributed by atoms with van der Waals surface area (Å²) < 4.78 is 3.69. The molecule has 0 amide bonds. The van der Waals surface area contributed by atoms with Crippen LogP contribution in [0, 0.1) is 0 Å². The van der Waals surface area contributed by atoms with Gasteiger partial charge >= 0.3 is 0 Å². The molecule has 3 heterocycles. The number of hydrogen-bond donors (Lipinski definition) is 0. The highest BCUT2D eigenvalue weighted by atomic mass is 32.1. The van der Waals surface area contributed by atoms with E-state index in [4.69, 9.17) is 0 Å². The van der Waals surface area contributed by atoms with Gasteiger partial charge in [0.05, 0.1) is 18.1 Å². The molecule has 0 atom stereocenters. The molecular weight excluding hydrogens is 274 g/mol. The third-order valence-corrected chi connectivity index (χ3v) is 4.34. The lowest BCUT2D eigenvalue weighted by Crippen LogP contribution is -2.10. The Morgan fingerprint density at radius 1 is 1.35 bits per heavy atom. The second-order valence-electron chi connectivity index (χ2n) is 5.00. The molecule has 0 aromatic carbocycles. The molecule has 0 fully saturated rings. The van der Waals surface area contributed by atoms with Gasteiger partial charge in [-0.15, -0.1) is 10.2 Å². The third-order valence-electron chi connectivity index (χ3n) is 3.13. The van der Waals surface area contributed by atoms with Crippen molar-refractivity contribution in [1.82, 2.24) is 24.5 Å². The molecule has 0 spiro atoms. The zero-order valence-corrected chi connectivity index (χ0v) is 12.4. The van der Waals surface area contributed by atoms with Crippen molar-refractivity contribution in [2.45, 2.75) is 26.3 Å². The fourth-order valence-corrected chi connectivity index (χ4v) is 2.94. The predicted molar refractivity (Wildman–Crippen MR) is 78.1 cm³/mol. The molecule has 0 saturated carbocycles. The van der Waals surface area contributed by atoms with Crippen LogP contribution >= 0.6 is 11.3 Å². The number of aromatic nitrogens is 5. The Kier molecular flexibility index (Phi) is 3.13. The van der Waals surface area contributed by atoms with E-state index < -0.39 is 0 Å². The van der Waals surface area contributed by atoms with Gasteiger partial charge in [-0.25, -0.2) is 0 Å². The Labute approximate surface area is 119 Å². The van der Waals surface area contributed by atoms with Gasteiger partial charge in [0.15, 0.2) is 5.43 Å². The summed E-state index contributed by atoms with van der Waals surface area (Å²) in [6, 6.07) is 1.56. The van der Waals surface area contributed by atoms with Crippen LogP contribution in [0.4, 0.5) is 0 Å². The lowest BCUT2D eigenvalue weighted by molar-refractivity contribution is 0.719. The van der Waals surface area contributed by atoms with E-state index in [1.54, 1.807) is 34.5 Å². The summed E-state index contributed by atoms with van der Waals surface area (Å²) in [7, 11) is 1.83. The third kappa shape index (κ3) is 2.14. The molecule has 0 saturated heterocycles. The Morgan fingerprint density at radius 2 is 2.15 bits per heavy atom. The fraction of sp³-hybridized carbons (Fsp3) is 0.385. The summed E-state index contributed by atoms with van der Waals surface area (Å²) in [6.45, 7) is 4.80. The van der Waals surface area contributed by atoms with Crippen LogP contribution in [0.3, 0.4) is 0 Å². The number of aryl methyl sites for hydroxylation is 1. The Morgan fingerprint density at radius 3 is 2.85 bits per heavy atom. The Balaban J connectivity index is 2.04. The molecule has 0 aliphatic heterocycles. The van der Waals surface area contributed by atoms with Crippen LogP contribution in [-0.4, -0.2) is 24.5 Å². The molecule has 0 bridgehead atoms. The summed E-state index contributed by atoms with van der Waals surface area (Å²) in [5.74, 6) is 0.381. The smallest absolute Gasteiger partial charge is 0.192 e. The van der Waals surface area contributed by atoms with Crippen molar-refractivity contribution in [2.24, 2.45) is 7.05 Å². The molecule has 0 unspecified atom stereocenters. The molecule has 0 aliphatic rings. The van der Waals surface area contributed by atoms with E-state index in [-0.39, 0.29) is 5.43 Å². The lowest BCUT2D eigenvalue weighted by atomic mass is 10.2. The fourth-order valence-electron chi connectivity index (χ4n) is 2.10. The Bertz CT molecular complexity index is 814. The number of rotatable bonds is 3. The van der Waals surface area contributed by atoms with Crippen LogP contribution in [-0.2, 0) is 13.6 Å². The van der Waals surface area contributed by atoms with E-state index in [2.05, 4.69) is 29.1 Å². The monoisotopic (exact) mass is 289 g/mol. The molecule has 3 aromatic rings. The SMILES string of the molecule is CC(C)c1nnc(Cn2ccc(=O)c3cnn(C)c32)s1. The van der Waals surface area contributed by atoms with E-state index in [9.17, 15) is 4.79 Å². The van der Waals surface area contributed by atoms with Crippen LogP contribution < -0.4 is 5.43 Å². The van der Waals surface area contributed by atoms with Crippen molar-refractivity contribution in [3.05, 3.63) is 38.7 Å². The zero-order valence-electron chi connectivity index (χ0n) is 11.6. The van der Waals surface area contributed by atoms with Crippen molar-refractivity contribution in [1.29, 1.82) is 0 Å². The van der Waals surface area contributed by atoms with Gasteiger partial charge in [0.25, 0.3) is 0 Å². The number of hydrogen-bond acceptors (Lipinski definition) is 5. The second kappa shape index (κ2) is 4.82. The maximum absolute atomic E-state index is 11.8. The van der Waals surface area contributed by atoms with E-state index in [0.717, 1.165) is 15.7 Å². The van der Waals surface area contributed by atoms with E-state index in [1.165, 1.54) is 0 Å². The molecular formula is C13H15N5OS. The lowest BCUT2D eigenvalue weighted by Gasteiger charge is -2.07. The summed E-state index contributed by atoms with van der Waals surface area (Å²) >= 11 is 1.61. The normalized spacial score (nSPS) is 11.6. The average Bonchev–Trinajstić information content (AvgIpc) is 3.01. The minimum atomic E-state index is -0.00974. The molecule has 104 valence electrons. The molecule has 0 aliphatic carbocycles.